The highest BCUT2D eigenvalue weighted by molar-refractivity contribution is 7.80. The van der Waals surface area contributed by atoms with Gasteiger partial charge < -0.3 is 9.80 Å². The van der Waals surface area contributed by atoms with E-state index in [1.807, 2.05) is 84.4 Å². The van der Waals surface area contributed by atoms with E-state index in [4.69, 9.17) is 24.4 Å². The summed E-state index contributed by atoms with van der Waals surface area (Å²) in [6, 6.07) is 19.8. The van der Waals surface area contributed by atoms with E-state index in [1.54, 1.807) is 0 Å². The fourth-order valence-electron chi connectivity index (χ4n) is 2.72. The van der Waals surface area contributed by atoms with Crippen molar-refractivity contribution in [1.29, 1.82) is 0 Å². The summed E-state index contributed by atoms with van der Waals surface area (Å²) < 4.78 is 0. The SMILES string of the molecule is CCN(C)C(=S)N/N=C(/C(=N/NC(=S)N(CC)CC)c1ccccc1)c1ccccc1. The van der Waals surface area contributed by atoms with Crippen LogP contribution in [-0.2, 0) is 0 Å². The molecule has 0 unspecified atom stereocenters. The molecule has 2 aromatic carbocycles. The minimum atomic E-state index is 0.537. The second-order valence-corrected chi connectivity index (χ2v) is 7.45. The quantitative estimate of drug-likeness (QED) is 0.359. The van der Waals surface area contributed by atoms with Crippen molar-refractivity contribution in [3.63, 3.8) is 0 Å². The number of hydrogen-bond donors (Lipinski definition) is 2. The van der Waals surface area contributed by atoms with Crippen LogP contribution < -0.4 is 10.9 Å². The summed E-state index contributed by atoms with van der Waals surface area (Å²) in [6.45, 7) is 8.54. The monoisotopic (exact) mass is 454 g/mol. The van der Waals surface area contributed by atoms with Gasteiger partial charge in [-0.05, 0) is 45.2 Å². The van der Waals surface area contributed by atoms with Gasteiger partial charge >= 0.3 is 0 Å². The van der Waals surface area contributed by atoms with Gasteiger partial charge in [0.2, 0.25) is 0 Å². The van der Waals surface area contributed by atoms with E-state index in [-0.39, 0.29) is 0 Å². The first-order valence-corrected chi connectivity index (χ1v) is 11.2. The van der Waals surface area contributed by atoms with Crippen LogP contribution in [0.2, 0.25) is 0 Å². The van der Waals surface area contributed by atoms with E-state index < -0.39 is 0 Å². The van der Waals surface area contributed by atoms with Gasteiger partial charge in [-0.1, -0.05) is 60.7 Å². The highest BCUT2D eigenvalue weighted by Gasteiger charge is 2.16. The van der Waals surface area contributed by atoms with Crippen LogP contribution in [0.3, 0.4) is 0 Å². The van der Waals surface area contributed by atoms with Crippen molar-refractivity contribution in [2.24, 2.45) is 10.2 Å². The van der Waals surface area contributed by atoms with Crippen molar-refractivity contribution >= 4 is 46.1 Å². The summed E-state index contributed by atoms with van der Waals surface area (Å²) >= 11 is 11.0. The molecular weight excluding hydrogens is 424 g/mol. The smallest absolute Gasteiger partial charge is 0.189 e. The molecule has 0 aliphatic heterocycles. The molecule has 0 radical (unpaired) electrons. The minimum Gasteiger partial charge on any atom is -0.351 e. The van der Waals surface area contributed by atoms with Crippen LogP contribution in [0.1, 0.15) is 31.9 Å². The van der Waals surface area contributed by atoms with Crippen molar-refractivity contribution in [3.05, 3.63) is 71.8 Å². The zero-order chi connectivity index (χ0) is 22.6. The molecule has 0 fully saturated rings. The van der Waals surface area contributed by atoms with Crippen molar-refractivity contribution in [2.45, 2.75) is 20.8 Å². The number of nitrogens with zero attached hydrogens (tertiary/aromatic N) is 4. The van der Waals surface area contributed by atoms with E-state index in [9.17, 15) is 0 Å². The fourth-order valence-corrected chi connectivity index (χ4v) is 3.20. The van der Waals surface area contributed by atoms with Gasteiger partial charge in [-0.25, -0.2) is 0 Å². The third kappa shape index (κ3) is 7.11. The van der Waals surface area contributed by atoms with Gasteiger partial charge in [0.25, 0.3) is 0 Å². The van der Waals surface area contributed by atoms with Gasteiger partial charge in [-0.3, -0.25) is 10.9 Å². The number of rotatable bonds is 8. The van der Waals surface area contributed by atoms with E-state index in [2.05, 4.69) is 34.9 Å². The van der Waals surface area contributed by atoms with Crippen molar-refractivity contribution in [3.8, 4) is 0 Å². The summed E-state index contributed by atoms with van der Waals surface area (Å²) in [5.74, 6) is 0. The maximum atomic E-state index is 5.53. The van der Waals surface area contributed by atoms with Gasteiger partial charge in [0.15, 0.2) is 10.2 Å². The number of benzene rings is 2. The molecule has 0 bridgehead atoms. The third-order valence-corrected chi connectivity index (χ3v) is 5.47. The first kappa shape index (κ1) is 24.4. The topological polar surface area (TPSA) is 55.3 Å². The Hall–Kier alpha value is -2.84. The lowest BCUT2D eigenvalue weighted by Crippen LogP contribution is -2.38. The molecule has 164 valence electrons. The van der Waals surface area contributed by atoms with Gasteiger partial charge in [-0.2, -0.15) is 10.2 Å². The predicted octanol–water partition coefficient (Wildman–Crippen LogP) is 3.84. The average molecular weight is 455 g/mol. The number of thiocarbonyl (C=S) groups is 2. The van der Waals surface area contributed by atoms with Crippen molar-refractivity contribution in [1.82, 2.24) is 20.7 Å². The van der Waals surface area contributed by atoms with Crippen LogP contribution in [0.5, 0.6) is 0 Å². The zero-order valence-corrected chi connectivity index (χ0v) is 20.1. The third-order valence-electron chi connectivity index (χ3n) is 4.72. The summed E-state index contributed by atoms with van der Waals surface area (Å²) in [5.41, 5.74) is 9.21. The molecule has 0 amide bonds. The van der Waals surface area contributed by atoms with Crippen molar-refractivity contribution < 1.29 is 0 Å². The standard InChI is InChI=1S/C23H30N6S2/c1-5-28(4)22(30)26-24-20(18-14-10-8-11-15-18)21(19-16-12-9-13-17-19)25-27-23(31)29(6-2)7-3/h8-17H,5-7H2,1-4H3,(H,26,30)(H,27,31)/b24-20+,25-21+. The normalized spacial score (nSPS) is 11.6. The number of hydrazone groups is 2. The highest BCUT2D eigenvalue weighted by atomic mass is 32.1. The zero-order valence-electron chi connectivity index (χ0n) is 18.5. The molecule has 0 aromatic heterocycles. The minimum absolute atomic E-state index is 0.537. The summed E-state index contributed by atoms with van der Waals surface area (Å²) in [6.07, 6.45) is 0. The van der Waals surface area contributed by atoms with Crippen molar-refractivity contribution in [2.75, 3.05) is 26.7 Å². The van der Waals surface area contributed by atoms with Gasteiger partial charge in [-0.15, -0.1) is 0 Å². The second-order valence-electron chi connectivity index (χ2n) is 6.67. The second kappa shape index (κ2) is 12.8. The molecule has 8 heteroatoms. The molecule has 2 rings (SSSR count). The molecule has 0 spiro atoms. The molecule has 2 aromatic rings. The number of nitrogens with one attached hydrogen (secondary N) is 2. The van der Waals surface area contributed by atoms with Crippen LogP contribution in [0.4, 0.5) is 0 Å². The lowest BCUT2D eigenvalue weighted by molar-refractivity contribution is 0.458. The summed E-state index contributed by atoms with van der Waals surface area (Å²) in [4.78, 5) is 3.94. The van der Waals surface area contributed by atoms with Gasteiger partial charge in [0, 0.05) is 37.8 Å². The Bertz CT molecular complexity index is 908. The Labute approximate surface area is 196 Å². The Morgan fingerprint density at radius 3 is 1.52 bits per heavy atom. The summed E-state index contributed by atoms with van der Waals surface area (Å²) in [7, 11) is 1.92. The maximum absolute atomic E-state index is 5.53. The molecule has 0 heterocycles. The van der Waals surface area contributed by atoms with Gasteiger partial charge in [0.05, 0.1) is 0 Å². The molecule has 0 atom stereocenters. The predicted molar refractivity (Wildman–Crippen MR) is 139 cm³/mol. The number of hydrogen-bond acceptors (Lipinski definition) is 4. The Morgan fingerprint density at radius 2 is 1.13 bits per heavy atom. The first-order valence-electron chi connectivity index (χ1n) is 10.3. The highest BCUT2D eigenvalue weighted by Crippen LogP contribution is 2.10. The van der Waals surface area contributed by atoms with E-state index in [1.165, 1.54) is 0 Å². The molecule has 2 N–H and O–H groups in total. The Balaban J connectivity index is 2.52. The lowest BCUT2D eigenvalue weighted by atomic mass is 10.00. The van der Waals surface area contributed by atoms with Crippen LogP contribution >= 0.6 is 24.4 Å². The van der Waals surface area contributed by atoms with E-state index in [0.717, 1.165) is 30.8 Å². The van der Waals surface area contributed by atoms with E-state index >= 15 is 0 Å². The average Bonchev–Trinajstić information content (AvgIpc) is 2.82. The van der Waals surface area contributed by atoms with Crippen LogP contribution in [-0.4, -0.2) is 58.1 Å². The molecule has 0 aliphatic rings. The molecular formula is C23H30N6S2. The Kier molecular flexibility index (Phi) is 10.1. The Morgan fingerprint density at radius 1 is 0.710 bits per heavy atom. The molecule has 6 nitrogen and oxygen atoms in total. The molecule has 0 aliphatic carbocycles. The van der Waals surface area contributed by atoms with Crippen LogP contribution in [0.25, 0.3) is 0 Å². The summed E-state index contributed by atoms with van der Waals surface area (Å²) in [5, 5.41) is 10.5. The lowest BCUT2D eigenvalue weighted by Gasteiger charge is -2.21. The largest absolute Gasteiger partial charge is 0.351 e. The fraction of sp³-hybridized carbons (Fsp3) is 0.304. The molecule has 0 saturated carbocycles. The first-order chi connectivity index (χ1) is 15.0. The van der Waals surface area contributed by atoms with Gasteiger partial charge in [0.1, 0.15) is 11.4 Å². The molecule has 31 heavy (non-hydrogen) atoms. The molecule has 0 saturated heterocycles. The maximum Gasteiger partial charge on any atom is 0.189 e. The van der Waals surface area contributed by atoms with E-state index in [0.29, 0.717) is 21.6 Å². The van der Waals surface area contributed by atoms with Crippen LogP contribution in [0, 0.1) is 0 Å². The van der Waals surface area contributed by atoms with Crippen LogP contribution in [0.15, 0.2) is 70.9 Å².